The van der Waals surface area contributed by atoms with Crippen molar-refractivity contribution in [2.45, 2.75) is 18.0 Å². The lowest BCUT2D eigenvalue weighted by molar-refractivity contribution is 0.0566. The third-order valence-electron chi connectivity index (χ3n) is 4.96. The maximum Gasteiger partial charge on any atom is 0.333 e. The lowest BCUT2D eigenvalue weighted by Crippen LogP contribution is -2.14. The summed E-state index contributed by atoms with van der Waals surface area (Å²) in [5.74, 6) is -1.70. The van der Waals surface area contributed by atoms with E-state index in [1.165, 1.54) is 42.7 Å². The van der Waals surface area contributed by atoms with Crippen molar-refractivity contribution in [2.75, 3.05) is 7.05 Å². The Hall–Kier alpha value is -3.44. The van der Waals surface area contributed by atoms with Crippen LogP contribution < -0.4 is 5.32 Å². The fourth-order valence-electron chi connectivity index (χ4n) is 3.43. The van der Waals surface area contributed by atoms with Crippen molar-refractivity contribution < 1.29 is 26.0 Å². The zero-order valence-corrected chi connectivity index (χ0v) is 18.0. The molecule has 0 spiro atoms. The summed E-state index contributed by atoms with van der Waals surface area (Å²) in [5, 5.41) is 6.47. The molecule has 33 heavy (non-hydrogen) atoms. The summed E-state index contributed by atoms with van der Waals surface area (Å²) in [4.78, 5) is -0.139. The number of halogens is 4. The van der Waals surface area contributed by atoms with Crippen LogP contribution in [0.3, 0.4) is 0 Å². The largest absolute Gasteiger partial charge is 0.333 e. The van der Waals surface area contributed by atoms with E-state index in [9.17, 15) is 26.0 Å². The van der Waals surface area contributed by atoms with Crippen LogP contribution in [0.4, 0.5) is 17.6 Å². The third-order valence-corrected chi connectivity index (χ3v) is 6.63. The average Bonchev–Trinajstić information content (AvgIpc) is 3.42. The molecular formula is C22H18F4N4O2S. The fourth-order valence-corrected chi connectivity index (χ4v) is 4.87. The molecule has 0 saturated carbocycles. The minimum atomic E-state index is -4.23. The van der Waals surface area contributed by atoms with Gasteiger partial charge in [0.05, 0.1) is 16.8 Å². The van der Waals surface area contributed by atoms with Crippen LogP contribution in [0.15, 0.2) is 72.0 Å². The first kappa shape index (κ1) is 22.7. The Kier molecular flexibility index (Phi) is 6.09. The van der Waals surface area contributed by atoms with E-state index in [0.717, 1.165) is 16.2 Å². The van der Waals surface area contributed by atoms with Crippen molar-refractivity contribution in [1.82, 2.24) is 19.1 Å². The SMILES string of the molecule is CNCc1cc(-c2ccc(F)cc2F)n(S(=O)(=O)c2cccc(-c3cnn(C(F)F)c3)c2)c1. The Balaban J connectivity index is 1.83. The highest BCUT2D eigenvalue weighted by molar-refractivity contribution is 7.90. The van der Waals surface area contributed by atoms with E-state index in [2.05, 4.69) is 10.4 Å². The van der Waals surface area contributed by atoms with Crippen molar-refractivity contribution in [2.24, 2.45) is 0 Å². The Labute approximate surface area is 187 Å². The molecule has 0 fully saturated rings. The predicted octanol–water partition coefficient (Wildman–Crippen LogP) is 4.65. The number of benzene rings is 2. The van der Waals surface area contributed by atoms with Crippen molar-refractivity contribution >= 4 is 10.0 Å². The maximum absolute atomic E-state index is 14.5. The number of alkyl halides is 2. The molecule has 4 aromatic rings. The number of nitrogens with zero attached hydrogens (tertiary/aromatic N) is 3. The molecule has 0 atom stereocenters. The van der Waals surface area contributed by atoms with Gasteiger partial charge in [-0.25, -0.2) is 25.9 Å². The molecule has 1 N–H and O–H groups in total. The first-order valence-corrected chi connectivity index (χ1v) is 11.1. The monoisotopic (exact) mass is 478 g/mol. The third kappa shape index (κ3) is 4.41. The molecule has 0 aliphatic heterocycles. The van der Waals surface area contributed by atoms with Gasteiger partial charge in [0.15, 0.2) is 0 Å². The summed E-state index contributed by atoms with van der Waals surface area (Å²) in [6.07, 6.45) is 3.67. The number of nitrogens with one attached hydrogen (secondary N) is 1. The van der Waals surface area contributed by atoms with E-state index in [4.69, 9.17) is 0 Å². The van der Waals surface area contributed by atoms with E-state index in [1.54, 1.807) is 13.1 Å². The quantitative estimate of drug-likeness (QED) is 0.393. The van der Waals surface area contributed by atoms with Gasteiger partial charge in [0.25, 0.3) is 10.0 Å². The Morgan fingerprint density at radius 2 is 1.82 bits per heavy atom. The molecule has 2 aromatic carbocycles. The lowest BCUT2D eigenvalue weighted by Gasteiger charge is -2.12. The van der Waals surface area contributed by atoms with Crippen molar-refractivity contribution in [1.29, 1.82) is 0 Å². The van der Waals surface area contributed by atoms with E-state index in [-0.39, 0.29) is 16.2 Å². The van der Waals surface area contributed by atoms with Gasteiger partial charge in [0.1, 0.15) is 11.6 Å². The first-order chi connectivity index (χ1) is 15.7. The summed E-state index contributed by atoms with van der Waals surface area (Å²) in [7, 11) is -2.56. The number of rotatable bonds is 7. The van der Waals surface area contributed by atoms with Gasteiger partial charge in [-0.15, -0.1) is 0 Å². The van der Waals surface area contributed by atoms with E-state index >= 15 is 0 Å². The second kappa shape index (κ2) is 8.83. The van der Waals surface area contributed by atoms with Crippen LogP contribution in [0.25, 0.3) is 22.4 Å². The van der Waals surface area contributed by atoms with Crippen LogP contribution in [0, 0.1) is 11.6 Å². The van der Waals surface area contributed by atoms with Crippen LogP contribution >= 0.6 is 0 Å². The number of hydrogen-bond acceptors (Lipinski definition) is 4. The Morgan fingerprint density at radius 1 is 1.03 bits per heavy atom. The van der Waals surface area contributed by atoms with Gasteiger partial charge in [0, 0.05) is 36.1 Å². The summed E-state index contributed by atoms with van der Waals surface area (Å²) in [6, 6.07) is 10.1. The standard InChI is InChI=1S/C22H18F4N4O2S/c1-27-10-14-7-21(19-6-5-17(23)9-20(19)24)30(12-14)33(31,32)18-4-2-3-15(8-18)16-11-28-29(13-16)22(25)26/h2-9,11-13,22,27H,10H2,1H3. The summed E-state index contributed by atoms with van der Waals surface area (Å²) >= 11 is 0. The normalized spacial score (nSPS) is 11.9. The molecule has 4 rings (SSSR count). The molecule has 2 heterocycles. The van der Waals surface area contributed by atoms with Crippen LogP contribution in [-0.4, -0.2) is 29.2 Å². The molecule has 0 bridgehead atoms. The Bertz CT molecular complexity index is 1410. The van der Waals surface area contributed by atoms with E-state index < -0.39 is 28.2 Å². The Morgan fingerprint density at radius 3 is 2.48 bits per heavy atom. The topological polar surface area (TPSA) is 68.9 Å². The zero-order valence-electron chi connectivity index (χ0n) is 17.2. The second-order valence-electron chi connectivity index (χ2n) is 7.20. The van der Waals surface area contributed by atoms with Crippen LogP contribution in [0.2, 0.25) is 0 Å². The maximum atomic E-state index is 14.5. The van der Waals surface area contributed by atoms with Gasteiger partial charge in [-0.2, -0.15) is 13.9 Å². The number of hydrogen-bond donors (Lipinski definition) is 1. The van der Waals surface area contributed by atoms with Crippen molar-refractivity contribution in [3.8, 4) is 22.4 Å². The number of aromatic nitrogens is 3. The van der Waals surface area contributed by atoms with Gasteiger partial charge in [-0.05, 0) is 48.5 Å². The molecule has 11 heteroatoms. The molecule has 0 aliphatic rings. The summed E-state index contributed by atoms with van der Waals surface area (Å²) in [5.41, 5.74) is 1.17. The molecule has 0 radical (unpaired) electrons. The second-order valence-corrected chi connectivity index (χ2v) is 9.02. The smallest absolute Gasteiger partial charge is 0.316 e. The minimum Gasteiger partial charge on any atom is -0.316 e. The molecule has 2 aromatic heterocycles. The van der Waals surface area contributed by atoms with Gasteiger partial charge in [-0.3, -0.25) is 0 Å². The van der Waals surface area contributed by atoms with Crippen molar-refractivity contribution in [3.63, 3.8) is 0 Å². The van der Waals surface area contributed by atoms with Gasteiger partial charge in [0.2, 0.25) is 0 Å². The van der Waals surface area contributed by atoms with Gasteiger partial charge >= 0.3 is 6.55 Å². The van der Waals surface area contributed by atoms with Gasteiger partial charge < -0.3 is 5.32 Å². The fraction of sp³-hybridized carbons (Fsp3) is 0.136. The molecule has 0 amide bonds. The highest BCUT2D eigenvalue weighted by atomic mass is 32.2. The van der Waals surface area contributed by atoms with E-state index in [0.29, 0.717) is 34.0 Å². The zero-order chi connectivity index (χ0) is 23.8. The van der Waals surface area contributed by atoms with E-state index in [1.807, 2.05) is 0 Å². The predicted molar refractivity (Wildman–Crippen MR) is 114 cm³/mol. The highest BCUT2D eigenvalue weighted by Crippen LogP contribution is 2.31. The van der Waals surface area contributed by atoms with Crippen LogP contribution in [0.1, 0.15) is 12.1 Å². The van der Waals surface area contributed by atoms with Crippen LogP contribution in [0.5, 0.6) is 0 Å². The highest BCUT2D eigenvalue weighted by Gasteiger charge is 2.24. The summed E-state index contributed by atoms with van der Waals surface area (Å²) in [6.45, 7) is -2.52. The molecule has 6 nitrogen and oxygen atoms in total. The minimum absolute atomic E-state index is 0.0219. The van der Waals surface area contributed by atoms with Crippen molar-refractivity contribution in [3.05, 3.63) is 84.3 Å². The average molecular weight is 478 g/mol. The van der Waals surface area contributed by atoms with Crippen LogP contribution in [-0.2, 0) is 16.6 Å². The lowest BCUT2D eigenvalue weighted by atomic mass is 10.1. The van der Waals surface area contributed by atoms with Gasteiger partial charge in [-0.1, -0.05) is 12.1 Å². The molecule has 172 valence electrons. The molecular weight excluding hydrogens is 460 g/mol. The molecule has 0 unspecified atom stereocenters. The molecule has 0 saturated heterocycles. The first-order valence-electron chi connectivity index (χ1n) is 9.70. The summed E-state index contributed by atoms with van der Waals surface area (Å²) < 4.78 is 82.1. The molecule has 0 aliphatic carbocycles.